The lowest BCUT2D eigenvalue weighted by atomic mass is 10.2. The van der Waals surface area contributed by atoms with E-state index in [0.717, 1.165) is 12.8 Å². The van der Waals surface area contributed by atoms with Crippen LogP contribution in [0.5, 0.6) is 0 Å². The van der Waals surface area contributed by atoms with E-state index in [0.29, 0.717) is 0 Å². The maximum absolute atomic E-state index is 2.44. The zero-order valence-electron chi connectivity index (χ0n) is 9.63. The van der Waals surface area contributed by atoms with E-state index >= 15 is 0 Å². The molecule has 0 aliphatic heterocycles. The van der Waals surface area contributed by atoms with Gasteiger partial charge < -0.3 is 0 Å². The van der Waals surface area contributed by atoms with Crippen LogP contribution < -0.4 is 5.30 Å². The van der Waals surface area contributed by atoms with Crippen LogP contribution in [0.2, 0.25) is 0 Å². The van der Waals surface area contributed by atoms with Gasteiger partial charge in [0.1, 0.15) is 12.8 Å². The molecule has 1 aromatic carbocycles. The molecule has 0 fully saturated rings. The van der Waals surface area contributed by atoms with Crippen LogP contribution in [0.3, 0.4) is 0 Å². The van der Waals surface area contributed by atoms with E-state index in [1.54, 1.807) is 0 Å². The summed E-state index contributed by atoms with van der Waals surface area (Å²) in [4.78, 5) is 0. The fourth-order valence-corrected chi connectivity index (χ4v) is 3.91. The predicted molar refractivity (Wildman–Crippen MR) is 75.5 cm³/mol. The quantitative estimate of drug-likeness (QED) is 0.540. The summed E-state index contributed by atoms with van der Waals surface area (Å²) in [5.41, 5.74) is 1.47. The highest BCUT2D eigenvalue weighted by atomic mass is 31.1. The fraction of sp³-hybridized carbons (Fsp3) is 0.200. The van der Waals surface area contributed by atoms with Crippen LogP contribution in [0.25, 0.3) is 0 Å². The van der Waals surface area contributed by atoms with Gasteiger partial charge in [-0.15, -0.1) is 18.6 Å². The molecule has 1 aromatic rings. The van der Waals surface area contributed by atoms with Crippen LogP contribution in [-0.4, -0.2) is 5.80 Å². The van der Waals surface area contributed by atoms with Gasteiger partial charge in [0, 0.05) is 12.1 Å². The summed E-state index contributed by atoms with van der Waals surface area (Å²) < 4.78 is 0. The molecule has 1 atom stereocenters. The third-order valence-corrected chi connectivity index (χ3v) is 4.97. The highest BCUT2D eigenvalue weighted by Crippen LogP contribution is 2.39. The zero-order valence-corrected chi connectivity index (χ0v) is 10.5. The molecule has 0 saturated carbocycles. The molecule has 1 heteroatoms. The minimum absolute atomic E-state index is 0.256. The number of hydrogen-bond donors (Lipinski definition) is 0. The molecular weight excluding hydrogens is 211 g/mol. The van der Waals surface area contributed by atoms with Crippen molar-refractivity contribution in [1.82, 2.24) is 0 Å². The zero-order chi connectivity index (χ0) is 11.2. The first-order chi connectivity index (χ1) is 7.92. The second kappa shape index (κ2) is 5.72. The molecule has 0 nitrogen and oxygen atoms in total. The second-order valence-corrected chi connectivity index (χ2v) is 5.90. The summed E-state index contributed by atoms with van der Waals surface area (Å²) in [7, 11) is -0.256. The van der Waals surface area contributed by atoms with E-state index in [-0.39, 0.29) is 7.55 Å². The van der Waals surface area contributed by atoms with Gasteiger partial charge in [0.2, 0.25) is 0 Å². The van der Waals surface area contributed by atoms with Crippen molar-refractivity contribution in [1.29, 1.82) is 0 Å². The van der Waals surface area contributed by atoms with Crippen molar-refractivity contribution < 1.29 is 0 Å². The average molecular weight is 228 g/mol. The van der Waals surface area contributed by atoms with Gasteiger partial charge in [0.15, 0.2) is 0 Å². The van der Waals surface area contributed by atoms with Crippen molar-refractivity contribution in [3.8, 4) is 0 Å². The molecule has 0 heterocycles. The maximum Gasteiger partial charge on any atom is 0.141 e. The first-order valence-electron chi connectivity index (χ1n) is 5.79. The van der Waals surface area contributed by atoms with Gasteiger partial charge in [-0.05, 0) is 12.1 Å². The lowest BCUT2D eigenvalue weighted by molar-refractivity contribution is 1.32. The van der Waals surface area contributed by atoms with Crippen LogP contribution in [0.1, 0.15) is 19.8 Å². The van der Waals surface area contributed by atoms with E-state index in [1.807, 2.05) is 0 Å². The van der Waals surface area contributed by atoms with Crippen molar-refractivity contribution in [3.05, 3.63) is 60.3 Å². The summed E-state index contributed by atoms with van der Waals surface area (Å²) in [6.07, 6.45) is 11.3. The van der Waals surface area contributed by atoms with Crippen molar-refractivity contribution in [2.75, 3.05) is 0 Å². The van der Waals surface area contributed by atoms with Crippen LogP contribution in [0.15, 0.2) is 54.6 Å². The fourth-order valence-electron chi connectivity index (χ4n) is 1.80. The van der Waals surface area contributed by atoms with Gasteiger partial charge in [-0.1, -0.05) is 25.1 Å². The van der Waals surface area contributed by atoms with E-state index in [4.69, 9.17) is 0 Å². The Kier molecular flexibility index (Phi) is 4.02. The maximum atomic E-state index is 2.44. The Hall–Kier alpha value is -1.26. The number of hydrogen-bond acceptors (Lipinski definition) is 0. The molecule has 0 spiro atoms. The molecule has 16 heavy (non-hydrogen) atoms. The first kappa shape index (κ1) is 11.2. The average Bonchev–Trinajstić information content (AvgIpc) is 2.38. The Morgan fingerprint density at radius 2 is 1.88 bits per heavy atom. The SMILES string of the molecule is CCC=[P+](c1ccccc1)[C-]1C=CCC=C1. The third kappa shape index (κ3) is 2.65. The summed E-state index contributed by atoms with van der Waals surface area (Å²) in [6.45, 7) is 2.22. The molecular formula is C15H17P. The van der Waals surface area contributed by atoms with Crippen LogP contribution in [0.4, 0.5) is 0 Å². The molecule has 82 valence electrons. The summed E-state index contributed by atoms with van der Waals surface area (Å²) in [5.74, 6) is 2.44. The lowest BCUT2D eigenvalue weighted by Crippen LogP contribution is -2.02. The minimum atomic E-state index is -0.256. The number of allylic oxidation sites excluding steroid dienone is 4. The Morgan fingerprint density at radius 3 is 2.50 bits per heavy atom. The third-order valence-electron chi connectivity index (χ3n) is 2.53. The molecule has 0 radical (unpaired) electrons. The summed E-state index contributed by atoms with van der Waals surface area (Å²) in [5, 5.41) is 1.45. The lowest BCUT2D eigenvalue weighted by Gasteiger charge is -2.12. The molecule has 0 N–H and O–H groups in total. The second-order valence-electron chi connectivity index (χ2n) is 3.76. The highest BCUT2D eigenvalue weighted by Gasteiger charge is 2.17. The van der Waals surface area contributed by atoms with E-state index in [1.165, 1.54) is 11.0 Å². The standard InChI is InChI=1S/C15H17P/c1-2-13-16(14-9-5-3-6-10-14)15-11-7-4-8-12-15/h3,5-13H,2,4H2,1H3. The van der Waals surface area contributed by atoms with Crippen molar-refractivity contribution in [3.63, 3.8) is 0 Å². The Morgan fingerprint density at radius 1 is 1.19 bits per heavy atom. The molecule has 1 unspecified atom stereocenters. The van der Waals surface area contributed by atoms with Gasteiger partial charge in [-0.25, -0.2) is 0 Å². The largest absolute Gasteiger partial charge is 0.183 e. The predicted octanol–water partition coefficient (Wildman–Crippen LogP) is 4.05. The van der Waals surface area contributed by atoms with Gasteiger partial charge in [0.05, 0.1) is 5.80 Å². The molecule has 1 aliphatic rings. The van der Waals surface area contributed by atoms with Crippen LogP contribution >= 0.6 is 7.55 Å². The van der Waals surface area contributed by atoms with Crippen molar-refractivity contribution >= 4 is 18.6 Å². The Balaban J connectivity index is 2.31. The molecule has 0 aromatic heterocycles. The molecule has 1 aliphatic carbocycles. The first-order valence-corrected chi connectivity index (χ1v) is 7.20. The van der Waals surface area contributed by atoms with E-state index in [9.17, 15) is 0 Å². The normalized spacial score (nSPS) is 15.6. The van der Waals surface area contributed by atoms with Crippen LogP contribution in [0, 0.1) is 5.66 Å². The van der Waals surface area contributed by atoms with Gasteiger partial charge >= 0.3 is 0 Å². The monoisotopic (exact) mass is 228 g/mol. The number of rotatable bonds is 3. The molecule has 0 saturated heterocycles. The van der Waals surface area contributed by atoms with Gasteiger partial charge in [0.25, 0.3) is 0 Å². The molecule has 2 rings (SSSR count). The minimum Gasteiger partial charge on any atom is -0.183 e. The Bertz CT molecular complexity index is 400. The smallest absolute Gasteiger partial charge is 0.141 e. The van der Waals surface area contributed by atoms with Crippen LogP contribution in [-0.2, 0) is 0 Å². The molecule has 0 amide bonds. The van der Waals surface area contributed by atoms with Gasteiger partial charge in [-0.2, -0.15) is 12.2 Å². The van der Waals surface area contributed by atoms with Crippen molar-refractivity contribution in [2.24, 2.45) is 0 Å². The van der Waals surface area contributed by atoms with E-state index < -0.39 is 0 Å². The highest BCUT2D eigenvalue weighted by molar-refractivity contribution is 7.68. The molecule has 0 bridgehead atoms. The number of benzene rings is 1. The van der Waals surface area contributed by atoms with Crippen molar-refractivity contribution in [2.45, 2.75) is 19.8 Å². The van der Waals surface area contributed by atoms with Gasteiger partial charge in [-0.3, -0.25) is 0 Å². The summed E-state index contributed by atoms with van der Waals surface area (Å²) >= 11 is 0. The Labute approximate surface area is 99.1 Å². The summed E-state index contributed by atoms with van der Waals surface area (Å²) in [6, 6.07) is 10.8. The van der Waals surface area contributed by atoms with E-state index in [2.05, 4.69) is 67.4 Å². The topological polar surface area (TPSA) is 0 Å².